The van der Waals surface area contributed by atoms with Crippen LogP contribution in [0.4, 0.5) is 5.82 Å². The number of ether oxygens (including phenoxy) is 2. The first-order chi connectivity index (χ1) is 13.9. The smallest absolute Gasteiger partial charge is 0.321 e. The van der Waals surface area contributed by atoms with Gasteiger partial charge in [0.1, 0.15) is 11.4 Å². The van der Waals surface area contributed by atoms with Gasteiger partial charge in [0.2, 0.25) is 5.88 Å². The summed E-state index contributed by atoms with van der Waals surface area (Å²) in [6, 6.07) is 12.8. The average molecular weight is 394 g/mol. The second-order valence-corrected chi connectivity index (χ2v) is 6.42. The fourth-order valence-electron chi connectivity index (χ4n) is 3.05. The van der Waals surface area contributed by atoms with Crippen LogP contribution in [-0.2, 0) is 6.54 Å². The molecule has 150 valence electrons. The van der Waals surface area contributed by atoms with Crippen LogP contribution >= 0.6 is 0 Å². The zero-order valence-corrected chi connectivity index (χ0v) is 16.7. The Morgan fingerprint density at radius 3 is 2.45 bits per heavy atom. The van der Waals surface area contributed by atoms with Gasteiger partial charge in [0.05, 0.1) is 14.2 Å². The van der Waals surface area contributed by atoms with Gasteiger partial charge in [0, 0.05) is 30.1 Å². The van der Waals surface area contributed by atoms with E-state index in [1.165, 1.54) is 26.4 Å². The molecule has 0 radical (unpaired) electrons. The molecule has 8 nitrogen and oxygen atoms in total. The maximum Gasteiger partial charge on any atom is 0.321 e. The molecular formula is C21H22N4O4. The number of aromatic nitrogens is 3. The Morgan fingerprint density at radius 1 is 1.07 bits per heavy atom. The molecule has 0 unspecified atom stereocenters. The highest BCUT2D eigenvalue weighted by Crippen LogP contribution is 2.18. The second kappa shape index (κ2) is 8.55. The molecule has 2 aromatic heterocycles. The molecule has 0 saturated carbocycles. The molecule has 1 amide bonds. The Bertz CT molecular complexity index is 1070. The Labute approximate surface area is 168 Å². The van der Waals surface area contributed by atoms with E-state index in [-0.39, 0.29) is 28.7 Å². The summed E-state index contributed by atoms with van der Waals surface area (Å²) >= 11 is 0. The lowest BCUT2D eigenvalue weighted by atomic mass is 10.1. The number of aryl methyl sites for hydroxylation is 1. The van der Waals surface area contributed by atoms with Crippen molar-refractivity contribution >= 4 is 11.7 Å². The number of anilines is 1. The van der Waals surface area contributed by atoms with Crippen LogP contribution in [0.15, 0.2) is 47.3 Å². The number of methoxy groups -OCH3 is 2. The van der Waals surface area contributed by atoms with Gasteiger partial charge in [0.25, 0.3) is 5.91 Å². The number of amides is 1. The molecule has 0 spiro atoms. The number of nitrogens with one attached hydrogen (secondary N) is 1. The predicted octanol–water partition coefficient (Wildman–Crippen LogP) is 2.57. The summed E-state index contributed by atoms with van der Waals surface area (Å²) in [7, 11) is 2.85. The Morgan fingerprint density at radius 2 is 1.79 bits per heavy atom. The topological polar surface area (TPSA) is 95.3 Å². The third-order valence-corrected chi connectivity index (χ3v) is 4.50. The van der Waals surface area contributed by atoms with Crippen LogP contribution in [0.1, 0.15) is 27.3 Å². The largest absolute Gasteiger partial charge is 0.481 e. The summed E-state index contributed by atoms with van der Waals surface area (Å²) in [5.74, 6) is -0.154. The van der Waals surface area contributed by atoms with Gasteiger partial charge in [-0.3, -0.25) is 9.59 Å². The molecule has 0 fully saturated rings. The zero-order valence-electron chi connectivity index (χ0n) is 16.7. The number of rotatable bonds is 6. The minimum absolute atomic E-state index is 0.0433. The summed E-state index contributed by atoms with van der Waals surface area (Å²) in [6.07, 6.45) is 0. The van der Waals surface area contributed by atoms with Crippen molar-refractivity contribution in [1.29, 1.82) is 0 Å². The normalized spacial score (nSPS) is 10.5. The molecule has 29 heavy (non-hydrogen) atoms. The number of pyridine rings is 1. The maximum atomic E-state index is 12.9. The van der Waals surface area contributed by atoms with E-state index in [4.69, 9.17) is 9.47 Å². The first kappa shape index (κ1) is 20.1. The number of benzene rings is 1. The Kier molecular flexibility index (Phi) is 5.92. The number of carbonyl (C=O) groups is 1. The van der Waals surface area contributed by atoms with E-state index in [1.807, 2.05) is 41.8 Å². The third kappa shape index (κ3) is 4.43. The van der Waals surface area contributed by atoms with Gasteiger partial charge < -0.3 is 19.4 Å². The third-order valence-electron chi connectivity index (χ3n) is 4.50. The molecule has 1 aromatic carbocycles. The SMILES string of the molecule is COc1cc(NC(=O)c2c(C)n(Cc3ccccc3)c(C)cc2=O)nc(OC)n1. The molecule has 2 heterocycles. The van der Waals surface area contributed by atoms with E-state index in [2.05, 4.69) is 15.3 Å². The van der Waals surface area contributed by atoms with Crippen molar-refractivity contribution in [3.63, 3.8) is 0 Å². The number of nitrogens with zero attached hydrogens (tertiary/aromatic N) is 3. The van der Waals surface area contributed by atoms with Gasteiger partial charge in [-0.1, -0.05) is 30.3 Å². The molecular weight excluding hydrogens is 372 g/mol. The molecule has 0 atom stereocenters. The van der Waals surface area contributed by atoms with Crippen molar-refractivity contribution in [2.24, 2.45) is 0 Å². The van der Waals surface area contributed by atoms with Crippen LogP contribution in [0.2, 0.25) is 0 Å². The highest BCUT2D eigenvalue weighted by atomic mass is 16.5. The molecule has 3 rings (SSSR count). The average Bonchev–Trinajstić information content (AvgIpc) is 2.71. The highest BCUT2D eigenvalue weighted by molar-refractivity contribution is 6.04. The molecule has 1 N–H and O–H groups in total. The van der Waals surface area contributed by atoms with Crippen LogP contribution in [0.5, 0.6) is 11.9 Å². The van der Waals surface area contributed by atoms with Crippen molar-refractivity contribution in [3.05, 3.63) is 75.2 Å². The van der Waals surface area contributed by atoms with E-state index in [0.29, 0.717) is 12.2 Å². The molecule has 0 saturated heterocycles. The second-order valence-electron chi connectivity index (χ2n) is 6.42. The van der Waals surface area contributed by atoms with E-state index in [9.17, 15) is 9.59 Å². The van der Waals surface area contributed by atoms with Crippen molar-refractivity contribution in [2.45, 2.75) is 20.4 Å². The van der Waals surface area contributed by atoms with Crippen LogP contribution in [0.25, 0.3) is 0 Å². The fourth-order valence-corrected chi connectivity index (χ4v) is 3.05. The van der Waals surface area contributed by atoms with E-state index in [0.717, 1.165) is 11.3 Å². The zero-order chi connectivity index (χ0) is 21.0. The maximum absolute atomic E-state index is 12.9. The Hall–Kier alpha value is -3.68. The summed E-state index contributed by atoms with van der Waals surface area (Å²) < 4.78 is 12.0. The molecule has 0 bridgehead atoms. The van der Waals surface area contributed by atoms with Crippen LogP contribution in [0.3, 0.4) is 0 Å². The fraction of sp³-hybridized carbons (Fsp3) is 0.238. The van der Waals surface area contributed by atoms with E-state index >= 15 is 0 Å². The monoisotopic (exact) mass is 394 g/mol. The summed E-state index contributed by atoms with van der Waals surface area (Å²) in [5.41, 5.74) is 2.12. The summed E-state index contributed by atoms with van der Waals surface area (Å²) in [6.45, 7) is 4.15. The molecule has 0 aliphatic carbocycles. The lowest BCUT2D eigenvalue weighted by Gasteiger charge is -2.17. The summed E-state index contributed by atoms with van der Waals surface area (Å²) in [5, 5.41) is 2.64. The predicted molar refractivity (Wildman–Crippen MR) is 109 cm³/mol. The van der Waals surface area contributed by atoms with Crippen LogP contribution in [0, 0.1) is 13.8 Å². The molecule has 8 heteroatoms. The molecule has 3 aromatic rings. The van der Waals surface area contributed by atoms with E-state index < -0.39 is 5.91 Å². The minimum Gasteiger partial charge on any atom is -0.481 e. The van der Waals surface area contributed by atoms with E-state index in [1.54, 1.807) is 6.92 Å². The number of hydrogen-bond donors (Lipinski definition) is 1. The van der Waals surface area contributed by atoms with Gasteiger partial charge in [-0.25, -0.2) is 0 Å². The molecule has 0 aliphatic heterocycles. The van der Waals surface area contributed by atoms with Gasteiger partial charge in [-0.2, -0.15) is 9.97 Å². The van der Waals surface area contributed by atoms with Crippen molar-refractivity contribution in [2.75, 3.05) is 19.5 Å². The van der Waals surface area contributed by atoms with Crippen molar-refractivity contribution in [3.8, 4) is 11.9 Å². The summed E-state index contributed by atoms with van der Waals surface area (Å²) in [4.78, 5) is 33.6. The van der Waals surface area contributed by atoms with Crippen molar-refractivity contribution in [1.82, 2.24) is 14.5 Å². The molecule has 0 aliphatic rings. The van der Waals surface area contributed by atoms with Gasteiger partial charge in [0.15, 0.2) is 5.43 Å². The number of hydrogen-bond acceptors (Lipinski definition) is 6. The van der Waals surface area contributed by atoms with Gasteiger partial charge >= 0.3 is 6.01 Å². The first-order valence-electron chi connectivity index (χ1n) is 8.96. The number of carbonyl (C=O) groups excluding carboxylic acids is 1. The Balaban J connectivity index is 1.97. The first-order valence-corrected chi connectivity index (χ1v) is 8.96. The lowest BCUT2D eigenvalue weighted by molar-refractivity contribution is 0.102. The standard InChI is InChI=1S/C21H22N4O4/c1-13-10-16(26)19(14(2)25(13)12-15-8-6-5-7-9-15)20(27)22-17-11-18(28-3)24-21(23-17)29-4/h5-11H,12H2,1-4H3,(H,22,23,24,27). The van der Waals surface area contributed by atoms with Crippen LogP contribution < -0.4 is 20.2 Å². The van der Waals surface area contributed by atoms with Gasteiger partial charge in [-0.15, -0.1) is 0 Å². The van der Waals surface area contributed by atoms with Crippen molar-refractivity contribution < 1.29 is 14.3 Å². The quantitative estimate of drug-likeness (QED) is 0.690. The van der Waals surface area contributed by atoms with Crippen LogP contribution in [-0.4, -0.2) is 34.7 Å². The lowest BCUT2D eigenvalue weighted by Crippen LogP contribution is -2.27. The minimum atomic E-state index is -0.558. The highest BCUT2D eigenvalue weighted by Gasteiger charge is 2.19. The van der Waals surface area contributed by atoms with Gasteiger partial charge in [-0.05, 0) is 19.4 Å².